The maximum atomic E-state index is 13.8. The third-order valence-corrected chi connectivity index (χ3v) is 5.83. The predicted molar refractivity (Wildman–Crippen MR) is 133 cm³/mol. The number of aryl methyl sites for hydroxylation is 2. The Balaban J connectivity index is 1.29. The smallest absolute Gasteiger partial charge is 0.254 e. The first kappa shape index (κ1) is 23.8. The van der Waals surface area contributed by atoms with E-state index in [2.05, 4.69) is 16.0 Å². The number of halogens is 2. The number of para-hydroxylation sites is 2. The van der Waals surface area contributed by atoms with Gasteiger partial charge in [0.15, 0.2) is 0 Å². The molecule has 0 bridgehead atoms. The SMILES string of the molecule is O=C(NCCCc1nc2ccccc2n1CCCCOc1ccc(Cl)cc1)c1ccccc1F. The van der Waals surface area contributed by atoms with Crippen LogP contribution in [0.3, 0.4) is 0 Å². The van der Waals surface area contributed by atoms with Gasteiger partial charge in [0.1, 0.15) is 17.4 Å². The number of hydrogen-bond acceptors (Lipinski definition) is 3. The van der Waals surface area contributed by atoms with Gasteiger partial charge in [-0.15, -0.1) is 0 Å². The van der Waals surface area contributed by atoms with Crippen molar-refractivity contribution in [3.63, 3.8) is 0 Å². The lowest BCUT2D eigenvalue weighted by molar-refractivity contribution is 0.0949. The Kier molecular flexibility index (Phi) is 8.15. The Morgan fingerprint density at radius 3 is 2.56 bits per heavy atom. The average Bonchev–Trinajstić information content (AvgIpc) is 3.20. The van der Waals surface area contributed by atoms with E-state index in [1.54, 1.807) is 12.1 Å². The van der Waals surface area contributed by atoms with Crippen LogP contribution in [-0.2, 0) is 13.0 Å². The summed E-state index contributed by atoms with van der Waals surface area (Å²) in [5, 5.41) is 3.49. The number of ether oxygens (including phenoxy) is 1. The predicted octanol–water partition coefficient (Wildman–Crippen LogP) is 6.05. The Labute approximate surface area is 203 Å². The fourth-order valence-corrected chi connectivity index (χ4v) is 3.97. The van der Waals surface area contributed by atoms with Gasteiger partial charge < -0.3 is 14.6 Å². The van der Waals surface area contributed by atoms with E-state index in [0.717, 1.165) is 42.0 Å². The molecule has 0 saturated carbocycles. The molecule has 0 radical (unpaired) electrons. The van der Waals surface area contributed by atoms with Gasteiger partial charge in [0.25, 0.3) is 5.91 Å². The van der Waals surface area contributed by atoms with E-state index in [4.69, 9.17) is 21.3 Å². The average molecular weight is 480 g/mol. The number of fused-ring (bicyclic) bond motifs is 1. The summed E-state index contributed by atoms with van der Waals surface area (Å²) < 4.78 is 21.8. The second kappa shape index (κ2) is 11.7. The summed E-state index contributed by atoms with van der Waals surface area (Å²) in [6.07, 6.45) is 3.29. The van der Waals surface area contributed by atoms with Crippen molar-refractivity contribution in [2.75, 3.05) is 13.2 Å². The minimum Gasteiger partial charge on any atom is -0.494 e. The molecule has 4 aromatic rings. The van der Waals surface area contributed by atoms with Crippen LogP contribution in [0.4, 0.5) is 4.39 Å². The fraction of sp³-hybridized carbons (Fsp3) is 0.259. The minimum absolute atomic E-state index is 0.0653. The lowest BCUT2D eigenvalue weighted by atomic mass is 10.2. The molecule has 1 heterocycles. The molecule has 1 N–H and O–H groups in total. The number of rotatable bonds is 11. The highest BCUT2D eigenvalue weighted by atomic mass is 35.5. The molecule has 0 aliphatic rings. The lowest BCUT2D eigenvalue weighted by Gasteiger charge is -2.11. The van der Waals surface area contributed by atoms with Gasteiger partial charge in [-0.2, -0.15) is 0 Å². The summed E-state index contributed by atoms with van der Waals surface area (Å²) in [6.45, 7) is 1.92. The third kappa shape index (κ3) is 6.14. The van der Waals surface area contributed by atoms with Crippen LogP contribution in [-0.4, -0.2) is 28.6 Å². The summed E-state index contributed by atoms with van der Waals surface area (Å²) in [5.41, 5.74) is 2.13. The molecule has 0 spiro atoms. The van der Waals surface area contributed by atoms with Crippen molar-refractivity contribution in [2.45, 2.75) is 32.2 Å². The molecule has 1 aromatic heterocycles. The molecule has 0 aliphatic heterocycles. The van der Waals surface area contributed by atoms with Crippen LogP contribution in [0, 0.1) is 5.82 Å². The maximum absolute atomic E-state index is 13.8. The van der Waals surface area contributed by atoms with Crippen molar-refractivity contribution in [1.29, 1.82) is 0 Å². The topological polar surface area (TPSA) is 56.2 Å². The fourth-order valence-electron chi connectivity index (χ4n) is 3.85. The molecule has 0 aliphatic carbocycles. The van der Waals surface area contributed by atoms with Crippen LogP contribution in [0.15, 0.2) is 72.8 Å². The summed E-state index contributed by atoms with van der Waals surface area (Å²) >= 11 is 5.91. The molecule has 0 unspecified atom stereocenters. The molecule has 1 amide bonds. The van der Waals surface area contributed by atoms with E-state index in [1.165, 1.54) is 12.1 Å². The number of hydrogen-bond donors (Lipinski definition) is 1. The van der Waals surface area contributed by atoms with Crippen molar-refractivity contribution in [1.82, 2.24) is 14.9 Å². The summed E-state index contributed by atoms with van der Waals surface area (Å²) in [5.74, 6) is 0.893. The zero-order valence-corrected chi connectivity index (χ0v) is 19.6. The molecule has 176 valence electrons. The Bertz CT molecular complexity index is 1240. The molecular formula is C27H27ClFN3O2. The molecule has 3 aromatic carbocycles. The number of nitrogens with zero attached hydrogens (tertiary/aromatic N) is 2. The van der Waals surface area contributed by atoms with Crippen LogP contribution >= 0.6 is 11.6 Å². The van der Waals surface area contributed by atoms with Crippen LogP contribution in [0.5, 0.6) is 5.75 Å². The van der Waals surface area contributed by atoms with Crippen molar-refractivity contribution >= 4 is 28.5 Å². The Morgan fingerprint density at radius 1 is 0.971 bits per heavy atom. The van der Waals surface area contributed by atoms with Gasteiger partial charge in [-0.05, 0) is 67.8 Å². The van der Waals surface area contributed by atoms with Gasteiger partial charge in [0, 0.05) is 24.5 Å². The number of imidazole rings is 1. The van der Waals surface area contributed by atoms with Gasteiger partial charge in [-0.1, -0.05) is 35.9 Å². The molecule has 7 heteroatoms. The van der Waals surface area contributed by atoms with Crippen molar-refractivity contribution < 1.29 is 13.9 Å². The van der Waals surface area contributed by atoms with Crippen molar-refractivity contribution in [3.05, 3.63) is 95.0 Å². The quantitative estimate of drug-likeness (QED) is 0.266. The number of carbonyl (C=O) groups is 1. The number of aromatic nitrogens is 2. The lowest BCUT2D eigenvalue weighted by Crippen LogP contribution is -2.25. The highest BCUT2D eigenvalue weighted by Crippen LogP contribution is 2.19. The van der Waals surface area contributed by atoms with Gasteiger partial charge in [-0.25, -0.2) is 9.37 Å². The second-order valence-electron chi connectivity index (χ2n) is 8.02. The molecule has 4 rings (SSSR count). The number of unbranched alkanes of at least 4 members (excludes halogenated alkanes) is 1. The van der Waals surface area contributed by atoms with Gasteiger partial charge in [0.2, 0.25) is 0 Å². The zero-order valence-electron chi connectivity index (χ0n) is 18.8. The number of carbonyl (C=O) groups excluding carboxylic acids is 1. The van der Waals surface area contributed by atoms with E-state index in [0.29, 0.717) is 31.0 Å². The second-order valence-corrected chi connectivity index (χ2v) is 8.45. The molecule has 0 fully saturated rings. The molecule has 0 saturated heterocycles. The van der Waals surface area contributed by atoms with E-state index in [-0.39, 0.29) is 5.56 Å². The molecular weight excluding hydrogens is 453 g/mol. The third-order valence-electron chi connectivity index (χ3n) is 5.57. The number of benzene rings is 3. The highest BCUT2D eigenvalue weighted by Gasteiger charge is 2.12. The highest BCUT2D eigenvalue weighted by molar-refractivity contribution is 6.30. The van der Waals surface area contributed by atoms with E-state index < -0.39 is 11.7 Å². The van der Waals surface area contributed by atoms with Crippen LogP contribution in [0.1, 0.15) is 35.4 Å². The molecule has 34 heavy (non-hydrogen) atoms. The van der Waals surface area contributed by atoms with Gasteiger partial charge in [0.05, 0.1) is 23.2 Å². The van der Waals surface area contributed by atoms with E-state index in [1.807, 2.05) is 42.5 Å². The van der Waals surface area contributed by atoms with Crippen LogP contribution < -0.4 is 10.1 Å². The summed E-state index contributed by atoms with van der Waals surface area (Å²) in [6, 6.07) is 21.5. The summed E-state index contributed by atoms with van der Waals surface area (Å²) in [7, 11) is 0. The first-order valence-electron chi connectivity index (χ1n) is 11.5. The van der Waals surface area contributed by atoms with E-state index in [9.17, 15) is 9.18 Å². The van der Waals surface area contributed by atoms with E-state index >= 15 is 0 Å². The van der Waals surface area contributed by atoms with Crippen LogP contribution in [0.2, 0.25) is 5.02 Å². The standard InChI is InChI=1S/C27H27ClFN3O2/c28-20-13-15-21(16-14-20)34-19-6-5-18-32-25-11-4-3-10-24(25)31-26(32)12-7-17-30-27(33)22-8-1-2-9-23(22)29/h1-4,8-11,13-16H,5-7,12,17-19H2,(H,30,33). The number of amides is 1. The maximum Gasteiger partial charge on any atom is 0.254 e. The zero-order chi connectivity index (χ0) is 23.8. The normalized spacial score (nSPS) is 11.0. The van der Waals surface area contributed by atoms with Gasteiger partial charge >= 0.3 is 0 Å². The largest absolute Gasteiger partial charge is 0.494 e. The molecule has 0 atom stereocenters. The Hall–Kier alpha value is -3.38. The summed E-state index contributed by atoms with van der Waals surface area (Å²) in [4.78, 5) is 17.0. The monoisotopic (exact) mass is 479 g/mol. The van der Waals surface area contributed by atoms with Crippen molar-refractivity contribution in [2.24, 2.45) is 0 Å². The number of nitrogens with one attached hydrogen (secondary N) is 1. The first-order valence-corrected chi connectivity index (χ1v) is 11.8. The van der Waals surface area contributed by atoms with Crippen LogP contribution in [0.25, 0.3) is 11.0 Å². The van der Waals surface area contributed by atoms with Gasteiger partial charge in [-0.3, -0.25) is 4.79 Å². The molecule has 5 nitrogen and oxygen atoms in total. The minimum atomic E-state index is -0.512. The first-order chi connectivity index (χ1) is 16.6. The Morgan fingerprint density at radius 2 is 1.74 bits per heavy atom. The van der Waals surface area contributed by atoms with Crippen molar-refractivity contribution in [3.8, 4) is 5.75 Å².